The van der Waals surface area contributed by atoms with Crippen LogP contribution in [-0.4, -0.2) is 45.6 Å². The molecule has 1 aliphatic rings. The van der Waals surface area contributed by atoms with Gasteiger partial charge in [0.1, 0.15) is 0 Å². The van der Waals surface area contributed by atoms with E-state index in [2.05, 4.69) is 21.2 Å². The lowest BCUT2D eigenvalue weighted by Gasteiger charge is -2.20. The van der Waals surface area contributed by atoms with Gasteiger partial charge >= 0.3 is 0 Å². The maximum absolute atomic E-state index is 12.7. The molecule has 5 nitrogen and oxygen atoms in total. The Labute approximate surface area is 134 Å². The van der Waals surface area contributed by atoms with Crippen molar-refractivity contribution in [3.8, 4) is 0 Å². The van der Waals surface area contributed by atoms with E-state index in [0.29, 0.717) is 35.7 Å². The van der Waals surface area contributed by atoms with Crippen LogP contribution < -0.4 is 5.32 Å². The van der Waals surface area contributed by atoms with Crippen LogP contribution in [0.4, 0.5) is 0 Å². The van der Waals surface area contributed by atoms with Crippen molar-refractivity contribution in [2.75, 3.05) is 32.8 Å². The largest absolute Gasteiger partial charge is 0.380 e. The van der Waals surface area contributed by atoms with Crippen molar-refractivity contribution in [2.24, 2.45) is 0 Å². The average molecular weight is 377 g/mol. The molecule has 0 saturated carbocycles. The number of rotatable bonds is 5. The first-order valence-electron chi connectivity index (χ1n) is 7.12. The first-order chi connectivity index (χ1) is 10.1. The molecule has 0 atom stereocenters. The van der Waals surface area contributed by atoms with Gasteiger partial charge in [-0.2, -0.15) is 4.31 Å². The summed E-state index contributed by atoms with van der Waals surface area (Å²) in [7, 11) is -3.47. The van der Waals surface area contributed by atoms with Crippen LogP contribution in [0, 0.1) is 0 Å². The maximum atomic E-state index is 12.7. The van der Waals surface area contributed by atoms with Crippen LogP contribution in [0.2, 0.25) is 0 Å². The van der Waals surface area contributed by atoms with Gasteiger partial charge in [-0.15, -0.1) is 0 Å². The van der Waals surface area contributed by atoms with Gasteiger partial charge in [0.25, 0.3) is 0 Å². The first kappa shape index (κ1) is 16.9. The number of halogens is 1. The molecule has 1 saturated heterocycles. The highest BCUT2D eigenvalue weighted by Gasteiger charge is 2.27. The van der Waals surface area contributed by atoms with E-state index in [1.54, 1.807) is 6.07 Å². The third-order valence-corrected chi connectivity index (χ3v) is 6.25. The Morgan fingerprint density at radius 2 is 2.14 bits per heavy atom. The summed E-state index contributed by atoms with van der Waals surface area (Å²) in [4.78, 5) is 0.324. The van der Waals surface area contributed by atoms with Gasteiger partial charge in [-0.05, 0) is 46.6 Å². The molecule has 2 rings (SSSR count). The van der Waals surface area contributed by atoms with Gasteiger partial charge in [0.15, 0.2) is 0 Å². The fourth-order valence-corrected chi connectivity index (χ4v) is 4.78. The van der Waals surface area contributed by atoms with Crippen LogP contribution in [0.25, 0.3) is 0 Å². The third-order valence-electron chi connectivity index (χ3n) is 3.37. The second-order valence-electron chi connectivity index (χ2n) is 4.92. The topological polar surface area (TPSA) is 58.6 Å². The zero-order valence-electron chi connectivity index (χ0n) is 12.1. The van der Waals surface area contributed by atoms with E-state index in [0.717, 1.165) is 25.1 Å². The highest BCUT2D eigenvalue weighted by atomic mass is 79.9. The minimum Gasteiger partial charge on any atom is -0.380 e. The second kappa shape index (κ2) is 7.69. The molecule has 0 unspecified atom stereocenters. The van der Waals surface area contributed by atoms with Gasteiger partial charge in [0, 0.05) is 30.7 Å². The lowest BCUT2D eigenvalue weighted by molar-refractivity contribution is 0.148. The van der Waals surface area contributed by atoms with Crippen molar-refractivity contribution in [1.29, 1.82) is 0 Å². The predicted octanol–water partition coefficient (Wildman–Crippen LogP) is 1.97. The van der Waals surface area contributed by atoms with E-state index in [9.17, 15) is 8.42 Å². The van der Waals surface area contributed by atoms with Crippen molar-refractivity contribution < 1.29 is 13.2 Å². The molecule has 7 heteroatoms. The van der Waals surface area contributed by atoms with Gasteiger partial charge in [-0.3, -0.25) is 0 Å². The Morgan fingerprint density at radius 1 is 1.33 bits per heavy atom. The number of nitrogens with zero attached hydrogens (tertiary/aromatic N) is 1. The molecular weight excluding hydrogens is 356 g/mol. The second-order valence-corrected chi connectivity index (χ2v) is 7.68. The van der Waals surface area contributed by atoms with E-state index in [4.69, 9.17) is 4.74 Å². The van der Waals surface area contributed by atoms with Crippen molar-refractivity contribution >= 4 is 26.0 Å². The SMILES string of the molecule is CCNCc1ccc(S(=O)(=O)N2CCCOCC2)c(Br)c1. The van der Waals surface area contributed by atoms with Crippen molar-refractivity contribution in [3.05, 3.63) is 28.2 Å². The summed E-state index contributed by atoms with van der Waals surface area (Å²) in [6.45, 7) is 5.64. The van der Waals surface area contributed by atoms with Crippen LogP contribution in [0.5, 0.6) is 0 Å². The first-order valence-corrected chi connectivity index (χ1v) is 9.36. The fourth-order valence-electron chi connectivity index (χ4n) is 2.24. The van der Waals surface area contributed by atoms with Crippen molar-refractivity contribution in [1.82, 2.24) is 9.62 Å². The molecule has 0 spiro atoms. The molecule has 1 aromatic carbocycles. The highest BCUT2D eigenvalue weighted by Crippen LogP contribution is 2.26. The number of nitrogens with one attached hydrogen (secondary N) is 1. The quantitative estimate of drug-likeness (QED) is 0.853. The molecule has 0 bridgehead atoms. The summed E-state index contributed by atoms with van der Waals surface area (Å²) >= 11 is 3.40. The summed E-state index contributed by atoms with van der Waals surface area (Å²) in [5.74, 6) is 0. The lowest BCUT2D eigenvalue weighted by Crippen LogP contribution is -2.33. The number of sulfonamides is 1. The minimum atomic E-state index is -3.47. The summed E-state index contributed by atoms with van der Waals surface area (Å²) in [5, 5.41) is 3.22. The number of ether oxygens (including phenoxy) is 1. The molecular formula is C14H21BrN2O3S. The number of hydrogen-bond donors (Lipinski definition) is 1. The molecule has 0 amide bonds. The van der Waals surface area contributed by atoms with E-state index in [-0.39, 0.29) is 0 Å². The Morgan fingerprint density at radius 3 is 2.86 bits per heavy atom. The van der Waals surface area contributed by atoms with Crippen LogP contribution >= 0.6 is 15.9 Å². The Balaban J connectivity index is 2.22. The normalized spacial score (nSPS) is 17.6. The number of hydrogen-bond acceptors (Lipinski definition) is 4. The van der Waals surface area contributed by atoms with Gasteiger partial charge in [0.2, 0.25) is 10.0 Å². The smallest absolute Gasteiger partial charge is 0.244 e. The van der Waals surface area contributed by atoms with Crippen molar-refractivity contribution in [3.63, 3.8) is 0 Å². The highest BCUT2D eigenvalue weighted by molar-refractivity contribution is 9.10. The molecule has 0 aliphatic carbocycles. The molecule has 1 aliphatic heterocycles. The van der Waals surface area contributed by atoms with Crippen LogP contribution in [0.1, 0.15) is 18.9 Å². The lowest BCUT2D eigenvalue weighted by atomic mass is 10.2. The molecule has 0 aromatic heterocycles. The van der Waals surface area contributed by atoms with Gasteiger partial charge in [-0.1, -0.05) is 13.0 Å². The summed E-state index contributed by atoms with van der Waals surface area (Å²) in [6, 6.07) is 5.40. The molecule has 118 valence electrons. The van der Waals surface area contributed by atoms with E-state index in [1.807, 2.05) is 19.1 Å². The Bertz CT molecular complexity index is 570. The molecule has 21 heavy (non-hydrogen) atoms. The van der Waals surface area contributed by atoms with E-state index >= 15 is 0 Å². The zero-order valence-corrected chi connectivity index (χ0v) is 14.5. The van der Waals surface area contributed by atoms with Crippen molar-refractivity contribution in [2.45, 2.75) is 24.8 Å². The van der Waals surface area contributed by atoms with Crippen LogP contribution in [0.15, 0.2) is 27.6 Å². The fraction of sp³-hybridized carbons (Fsp3) is 0.571. The molecule has 1 heterocycles. The van der Waals surface area contributed by atoms with E-state index < -0.39 is 10.0 Å². The number of benzene rings is 1. The summed E-state index contributed by atoms with van der Waals surface area (Å²) in [5.41, 5.74) is 1.06. The van der Waals surface area contributed by atoms with Gasteiger partial charge in [-0.25, -0.2) is 8.42 Å². The van der Waals surface area contributed by atoms with Crippen LogP contribution in [-0.2, 0) is 21.3 Å². The predicted molar refractivity (Wildman–Crippen MR) is 85.7 cm³/mol. The zero-order chi connectivity index (χ0) is 15.3. The summed E-state index contributed by atoms with van der Waals surface area (Å²) < 4.78 is 32.9. The molecule has 1 N–H and O–H groups in total. The summed E-state index contributed by atoms with van der Waals surface area (Å²) in [6.07, 6.45) is 0.732. The molecule has 0 radical (unpaired) electrons. The van der Waals surface area contributed by atoms with Crippen LogP contribution in [0.3, 0.4) is 0 Å². The van der Waals surface area contributed by atoms with Gasteiger partial charge in [0.05, 0.1) is 11.5 Å². The monoisotopic (exact) mass is 376 g/mol. The van der Waals surface area contributed by atoms with Gasteiger partial charge < -0.3 is 10.1 Å². The third kappa shape index (κ3) is 4.26. The Kier molecular flexibility index (Phi) is 6.19. The molecule has 1 fully saturated rings. The minimum absolute atomic E-state index is 0.324. The van der Waals surface area contributed by atoms with E-state index in [1.165, 1.54) is 4.31 Å². The molecule has 1 aromatic rings. The Hall–Kier alpha value is -0.470. The average Bonchev–Trinajstić information content (AvgIpc) is 2.74. The maximum Gasteiger partial charge on any atom is 0.244 e. The standard InChI is InChI=1S/C14H21BrN2O3S/c1-2-16-11-12-4-5-14(13(15)10-12)21(18,19)17-6-3-8-20-9-7-17/h4-5,10,16H,2-3,6-9,11H2,1H3.